The zero-order chi connectivity index (χ0) is 15.6. The van der Waals surface area contributed by atoms with Gasteiger partial charge in [0.05, 0.1) is 9.87 Å². The fraction of sp³-hybridized carbons (Fsp3) is 0.375. The van der Waals surface area contributed by atoms with Crippen LogP contribution in [0.25, 0.3) is 10.6 Å². The number of hydrogen-bond donors (Lipinski definition) is 1. The molecule has 1 unspecified atom stereocenters. The molecule has 1 N–H and O–H groups in total. The Morgan fingerprint density at radius 1 is 1.36 bits per heavy atom. The van der Waals surface area contributed by atoms with Gasteiger partial charge < -0.3 is 5.32 Å². The van der Waals surface area contributed by atoms with Gasteiger partial charge in [0.15, 0.2) is 0 Å². The Bertz CT molecular complexity index is 688. The van der Waals surface area contributed by atoms with E-state index in [9.17, 15) is 4.21 Å². The highest BCUT2D eigenvalue weighted by Gasteiger charge is 2.45. The third kappa shape index (κ3) is 2.64. The van der Waals surface area contributed by atoms with Crippen molar-refractivity contribution in [3.63, 3.8) is 0 Å². The number of likely N-dealkylation sites (N-methyl/N-ethyl adjacent to an activating group) is 1. The Morgan fingerprint density at radius 3 is 2.82 bits per heavy atom. The molecule has 0 spiro atoms. The molecular weight excluding hydrogens is 332 g/mol. The first-order valence-corrected chi connectivity index (χ1v) is 9.85. The number of thiocarbonyl (C=S) groups is 1. The van der Waals surface area contributed by atoms with E-state index in [-0.39, 0.29) is 0 Å². The smallest absolute Gasteiger partial charge is 0.131 e. The molecule has 3 rings (SSSR count). The molecule has 0 saturated carbocycles. The molecule has 6 heteroatoms. The van der Waals surface area contributed by atoms with Crippen molar-refractivity contribution in [2.75, 3.05) is 12.8 Å². The summed E-state index contributed by atoms with van der Waals surface area (Å²) in [4.78, 5) is 6.25. The summed E-state index contributed by atoms with van der Waals surface area (Å²) in [5.41, 5.74) is 1.09. The van der Waals surface area contributed by atoms with E-state index in [1.54, 1.807) is 11.3 Å². The first-order valence-electron chi connectivity index (χ1n) is 7.31. The average Bonchev–Trinajstić information content (AvgIpc) is 3.06. The fourth-order valence-electron chi connectivity index (χ4n) is 2.84. The van der Waals surface area contributed by atoms with Crippen molar-refractivity contribution in [1.29, 1.82) is 0 Å². The van der Waals surface area contributed by atoms with Gasteiger partial charge in [-0.3, -0.25) is 4.21 Å². The number of aromatic nitrogens is 1. The molecule has 22 heavy (non-hydrogen) atoms. The minimum absolute atomic E-state index is 0.562. The molecule has 3 nitrogen and oxygen atoms in total. The predicted molar refractivity (Wildman–Crippen MR) is 97.7 cm³/mol. The molecule has 116 valence electrons. The lowest BCUT2D eigenvalue weighted by atomic mass is 9.99. The lowest BCUT2D eigenvalue weighted by molar-refractivity contribution is 0.579. The topological polar surface area (TPSA) is 42.0 Å². The van der Waals surface area contributed by atoms with Crippen LogP contribution in [-0.2, 0) is 15.5 Å². The Labute approximate surface area is 142 Å². The molecule has 1 aromatic heterocycles. The number of nitrogens with zero attached hydrogens (tertiary/aromatic N) is 1. The van der Waals surface area contributed by atoms with E-state index in [4.69, 9.17) is 12.2 Å². The van der Waals surface area contributed by atoms with Crippen LogP contribution in [0.2, 0.25) is 0 Å². The maximum atomic E-state index is 12.8. The third-order valence-electron chi connectivity index (χ3n) is 4.02. The predicted octanol–water partition coefficient (Wildman–Crippen LogP) is 3.48. The van der Waals surface area contributed by atoms with E-state index in [0.717, 1.165) is 34.7 Å². The summed E-state index contributed by atoms with van der Waals surface area (Å²) in [5.74, 6) is 0.709. The molecule has 0 aliphatic carbocycles. The van der Waals surface area contributed by atoms with Crippen LogP contribution in [0.3, 0.4) is 0 Å². The fourth-order valence-corrected chi connectivity index (χ4v) is 6.61. The summed E-state index contributed by atoms with van der Waals surface area (Å²) in [6, 6.07) is 10.1. The average molecular weight is 351 g/mol. The Hall–Kier alpha value is -1.11. The van der Waals surface area contributed by atoms with Crippen LogP contribution < -0.4 is 5.32 Å². The standard InChI is InChI=1S/C16H18N2OS3/c1-17-15(20)16(9-5-6-10-22(16)19)13-11-18-14(21-13)12-7-3-2-4-8-12/h2-4,7-8,11H,5-6,9-10H2,1H3,(H,17,20)/t16-,22?/m1/s1. The van der Waals surface area contributed by atoms with Crippen LogP contribution in [0.4, 0.5) is 0 Å². The van der Waals surface area contributed by atoms with E-state index in [2.05, 4.69) is 10.3 Å². The molecule has 0 bridgehead atoms. The minimum atomic E-state index is -0.994. The SMILES string of the molecule is CNC(=S)[C@]1(c2cnc(-c3ccccc3)s2)CCCCS1=O. The van der Waals surface area contributed by atoms with Crippen molar-refractivity contribution < 1.29 is 4.21 Å². The van der Waals surface area contributed by atoms with Crippen molar-refractivity contribution in [3.05, 3.63) is 41.4 Å². The van der Waals surface area contributed by atoms with Gasteiger partial charge in [-0.05, 0) is 12.8 Å². The van der Waals surface area contributed by atoms with Crippen LogP contribution in [0.5, 0.6) is 0 Å². The maximum absolute atomic E-state index is 12.8. The quantitative estimate of drug-likeness (QED) is 0.861. The van der Waals surface area contributed by atoms with Crippen LogP contribution in [-0.4, -0.2) is 27.0 Å². The highest BCUT2D eigenvalue weighted by Crippen LogP contribution is 2.42. The highest BCUT2D eigenvalue weighted by atomic mass is 32.2. The molecule has 1 aliphatic rings. The number of hydrogen-bond acceptors (Lipinski definition) is 4. The molecule has 1 saturated heterocycles. The largest absolute Gasteiger partial charge is 0.381 e. The summed E-state index contributed by atoms with van der Waals surface area (Å²) in [6.07, 6.45) is 4.74. The lowest BCUT2D eigenvalue weighted by Gasteiger charge is -2.35. The molecule has 2 aromatic rings. The van der Waals surface area contributed by atoms with Crippen molar-refractivity contribution in [1.82, 2.24) is 10.3 Å². The van der Waals surface area contributed by atoms with Crippen LogP contribution in [0.1, 0.15) is 24.1 Å². The monoisotopic (exact) mass is 350 g/mol. The van der Waals surface area contributed by atoms with Crippen molar-refractivity contribution in [3.8, 4) is 10.6 Å². The van der Waals surface area contributed by atoms with Gasteiger partial charge in [-0.1, -0.05) is 49.0 Å². The molecule has 1 aliphatic heterocycles. The summed E-state index contributed by atoms with van der Waals surface area (Å²) >= 11 is 7.15. The highest BCUT2D eigenvalue weighted by molar-refractivity contribution is 7.90. The number of rotatable bonds is 3. The summed E-state index contributed by atoms with van der Waals surface area (Å²) in [5, 5.41) is 4.03. The van der Waals surface area contributed by atoms with E-state index < -0.39 is 15.5 Å². The van der Waals surface area contributed by atoms with E-state index >= 15 is 0 Å². The summed E-state index contributed by atoms with van der Waals surface area (Å²) in [6.45, 7) is 0. The molecule has 1 fully saturated rings. The van der Waals surface area contributed by atoms with Crippen LogP contribution in [0, 0.1) is 0 Å². The van der Waals surface area contributed by atoms with E-state index in [1.165, 1.54) is 0 Å². The maximum Gasteiger partial charge on any atom is 0.131 e. The lowest BCUT2D eigenvalue weighted by Crippen LogP contribution is -2.47. The Kier molecular flexibility index (Phi) is 4.70. The number of nitrogens with one attached hydrogen (secondary N) is 1. The van der Waals surface area contributed by atoms with Crippen molar-refractivity contribution in [2.45, 2.75) is 24.0 Å². The van der Waals surface area contributed by atoms with Gasteiger partial charge in [0.1, 0.15) is 9.75 Å². The van der Waals surface area contributed by atoms with Crippen LogP contribution >= 0.6 is 23.6 Å². The van der Waals surface area contributed by atoms with Gasteiger partial charge in [0, 0.05) is 35.4 Å². The summed E-state index contributed by atoms with van der Waals surface area (Å²) < 4.78 is 12.3. The molecule has 2 atom stereocenters. The Morgan fingerprint density at radius 2 is 2.14 bits per heavy atom. The van der Waals surface area contributed by atoms with Gasteiger partial charge in [-0.15, -0.1) is 11.3 Å². The normalized spacial score (nSPS) is 24.9. The van der Waals surface area contributed by atoms with Gasteiger partial charge in [-0.25, -0.2) is 4.98 Å². The second-order valence-electron chi connectivity index (χ2n) is 5.31. The molecule has 0 radical (unpaired) electrons. The van der Waals surface area contributed by atoms with E-state index in [0.29, 0.717) is 10.7 Å². The van der Waals surface area contributed by atoms with Gasteiger partial charge in [-0.2, -0.15) is 0 Å². The molecular formula is C16H18N2OS3. The zero-order valence-corrected chi connectivity index (χ0v) is 14.8. The summed E-state index contributed by atoms with van der Waals surface area (Å²) in [7, 11) is 0.821. The first-order chi connectivity index (χ1) is 10.7. The zero-order valence-electron chi connectivity index (χ0n) is 12.4. The second kappa shape index (κ2) is 6.56. The van der Waals surface area contributed by atoms with Gasteiger partial charge in [0.25, 0.3) is 0 Å². The number of thiazole rings is 1. The second-order valence-corrected chi connectivity index (χ2v) is 8.54. The molecule has 1 aromatic carbocycles. The number of benzene rings is 1. The first kappa shape index (κ1) is 15.8. The van der Waals surface area contributed by atoms with Crippen LogP contribution in [0.15, 0.2) is 36.5 Å². The third-order valence-corrected chi connectivity index (χ3v) is 8.10. The van der Waals surface area contributed by atoms with Crippen molar-refractivity contribution >= 4 is 39.3 Å². The van der Waals surface area contributed by atoms with Gasteiger partial charge >= 0.3 is 0 Å². The Balaban J connectivity index is 2.05. The van der Waals surface area contributed by atoms with E-state index in [1.807, 2.05) is 43.6 Å². The molecule has 2 heterocycles. The minimum Gasteiger partial charge on any atom is -0.381 e. The molecule has 0 amide bonds. The van der Waals surface area contributed by atoms with Gasteiger partial charge in [0.2, 0.25) is 0 Å². The van der Waals surface area contributed by atoms with Crippen molar-refractivity contribution in [2.24, 2.45) is 0 Å².